The van der Waals surface area contributed by atoms with Crippen LogP contribution in [0.5, 0.6) is 0 Å². The zero-order chi connectivity index (χ0) is 12.6. The molecule has 0 amide bonds. The van der Waals surface area contributed by atoms with E-state index in [4.69, 9.17) is 5.73 Å². The summed E-state index contributed by atoms with van der Waals surface area (Å²) >= 11 is 3.20. The lowest BCUT2D eigenvalue weighted by molar-refractivity contribution is 0.486. The Hall–Kier alpha value is -1.43. The number of benzene rings is 1. The van der Waals surface area contributed by atoms with Gasteiger partial charge < -0.3 is 5.73 Å². The van der Waals surface area contributed by atoms with Crippen LogP contribution in [0, 0.1) is 11.6 Å². The topological polar surface area (TPSA) is 43.8 Å². The molecule has 1 aromatic carbocycles. The van der Waals surface area contributed by atoms with Crippen molar-refractivity contribution in [2.75, 3.05) is 5.73 Å². The Bertz CT molecular complexity index is 533. The zero-order valence-corrected chi connectivity index (χ0v) is 10.6. The summed E-state index contributed by atoms with van der Waals surface area (Å²) in [7, 11) is 0. The molecule has 0 aliphatic heterocycles. The normalized spacial score (nSPS) is 12.7. The minimum absolute atomic E-state index is 0.0465. The lowest BCUT2D eigenvalue weighted by atomic mass is 10.1. The Morgan fingerprint density at radius 2 is 1.94 bits per heavy atom. The SMILES string of the molecule is CC(c1c(F)cccc1F)n1ncc(Br)c1N. The van der Waals surface area contributed by atoms with Crippen molar-refractivity contribution in [1.29, 1.82) is 0 Å². The van der Waals surface area contributed by atoms with E-state index in [9.17, 15) is 8.78 Å². The average Bonchev–Trinajstić information content (AvgIpc) is 2.59. The molecule has 1 aromatic heterocycles. The van der Waals surface area contributed by atoms with Crippen molar-refractivity contribution in [2.24, 2.45) is 0 Å². The molecule has 90 valence electrons. The maximum atomic E-state index is 13.6. The second kappa shape index (κ2) is 4.44. The molecule has 3 nitrogen and oxygen atoms in total. The van der Waals surface area contributed by atoms with Crippen LogP contribution in [-0.4, -0.2) is 9.78 Å². The van der Waals surface area contributed by atoms with Crippen molar-refractivity contribution < 1.29 is 8.78 Å². The van der Waals surface area contributed by atoms with Crippen molar-refractivity contribution in [3.05, 3.63) is 46.1 Å². The fraction of sp³-hybridized carbons (Fsp3) is 0.182. The molecule has 2 aromatic rings. The second-order valence-electron chi connectivity index (χ2n) is 3.63. The Balaban J connectivity index is 2.51. The van der Waals surface area contributed by atoms with Gasteiger partial charge in [0.15, 0.2) is 0 Å². The highest BCUT2D eigenvalue weighted by molar-refractivity contribution is 9.10. The van der Waals surface area contributed by atoms with Gasteiger partial charge in [-0.25, -0.2) is 13.5 Å². The first kappa shape index (κ1) is 12.0. The van der Waals surface area contributed by atoms with E-state index in [1.165, 1.54) is 29.1 Å². The number of hydrogen-bond acceptors (Lipinski definition) is 2. The molecule has 0 bridgehead atoms. The molecule has 17 heavy (non-hydrogen) atoms. The zero-order valence-electron chi connectivity index (χ0n) is 8.99. The van der Waals surface area contributed by atoms with Crippen molar-refractivity contribution in [3.63, 3.8) is 0 Å². The summed E-state index contributed by atoms with van der Waals surface area (Å²) in [5.74, 6) is -0.882. The van der Waals surface area contributed by atoms with Crippen LogP contribution >= 0.6 is 15.9 Å². The summed E-state index contributed by atoms with van der Waals surface area (Å²) in [6.45, 7) is 1.64. The van der Waals surface area contributed by atoms with Gasteiger partial charge in [0.2, 0.25) is 0 Å². The van der Waals surface area contributed by atoms with Gasteiger partial charge in [-0.2, -0.15) is 5.10 Å². The third kappa shape index (κ3) is 2.04. The van der Waals surface area contributed by atoms with Crippen LogP contribution in [0.4, 0.5) is 14.6 Å². The van der Waals surface area contributed by atoms with E-state index in [1.54, 1.807) is 6.92 Å². The van der Waals surface area contributed by atoms with Crippen LogP contribution in [0.15, 0.2) is 28.9 Å². The lowest BCUT2D eigenvalue weighted by Gasteiger charge is -2.15. The number of nitrogen functional groups attached to an aromatic ring is 1. The highest BCUT2D eigenvalue weighted by atomic mass is 79.9. The molecule has 0 saturated carbocycles. The summed E-state index contributed by atoms with van der Waals surface area (Å²) < 4.78 is 29.1. The first-order valence-corrected chi connectivity index (χ1v) is 5.74. The molecule has 0 spiro atoms. The standard InChI is InChI=1S/C11H10BrF2N3/c1-6(17-11(15)7(12)5-16-17)10-8(13)3-2-4-9(10)14/h2-6H,15H2,1H3. The molecule has 0 fully saturated rings. The van der Waals surface area contributed by atoms with Crippen molar-refractivity contribution in [2.45, 2.75) is 13.0 Å². The Morgan fingerprint density at radius 1 is 1.35 bits per heavy atom. The number of anilines is 1. The van der Waals surface area contributed by atoms with E-state index in [2.05, 4.69) is 21.0 Å². The first-order valence-electron chi connectivity index (χ1n) is 4.94. The summed E-state index contributed by atoms with van der Waals surface area (Å²) in [6.07, 6.45) is 1.49. The number of halogens is 3. The molecule has 0 aliphatic rings. The van der Waals surface area contributed by atoms with Gasteiger partial charge in [0.1, 0.15) is 17.5 Å². The maximum absolute atomic E-state index is 13.6. The van der Waals surface area contributed by atoms with E-state index in [0.717, 1.165) is 0 Å². The molecule has 2 rings (SSSR count). The van der Waals surface area contributed by atoms with E-state index in [0.29, 0.717) is 10.3 Å². The fourth-order valence-corrected chi connectivity index (χ4v) is 1.96. The van der Waals surface area contributed by atoms with Gasteiger partial charge in [-0.05, 0) is 35.0 Å². The quantitative estimate of drug-likeness (QED) is 0.926. The van der Waals surface area contributed by atoms with Gasteiger partial charge in [-0.1, -0.05) is 6.07 Å². The van der Waals surface area contributed by atoms with Gasteiger partial charge >= 0.3 is 0 Å². The minimum atomic E-state index is -0.609. The third-order valence-corrected chi connectivity index (χ3v) is 3.18. The van der Waals surface area contributed by atoms with E-state index >= 15 is 0 Å². The highest BCUT2D eigenvalue weighted by Crippen LogP contribution is 2.28. The first-order chi connectivity index (χ1) is 8.02. The van der Waals surface area contributed by atoms with Crippen molar-refractivity contribution in [1.82, 2.24) is 9.78 Å². The summed E-state index contributed by atoms with van der Waals surface area (Å²) in [4.78, 5) is 0. The van der Waals surface area contributed by atoms with Crippen LogP contribution in [0.2, 0.25) is 0 Å². The Kier molecular flexibility index (Phi) is 3.15. The fourth-order valence-electron chi connectivity index (χ4n) is 1.69. The highest BCUT2D eigenvalue weighted by Gasteiger charge is 2.20. The molecule has 1 heterocycles. The van der Waals surface area contributed by atoms with E-state index in [-0.39, 0.29) is 5.56 Å². The second-order valence-corrected chi connectivity index (χ2v) is 4.49. The Morgan fingerprint density at radius 3 is 2.41 bits per heavy atom. The Labute approximate surface area is 105 Å². The molecular formula is C11H10BrF2N3. The van der Waals surface area contributed by atoms with E-state index < -0.39 is 17.7 Å². The van der Waals surface area contributed by atoms with Gasteiger partial charge in [0, 0.05) is 5.56 Å². The van der Waals surface area contributed by atoms with Crippen LogP contribution in [-0.2, 0) is 0 Å². The smallest absolute Gasteiger partial charge is 0.136 e. The molecule has 2 N–H and O–H groups in total. The van der Waals surface area contributed by atoms with Crippen molar-refractivity contribution >= 4 is 21.7 Å². The van der Waals surface area contributed by atoms with Crippen LogP contribution in [0.3, 0.4) is 0 Å². The molecule has 1 unspecified atom stereocenters. The monoisotopic (exact) mass is 301 g/mol. The van der Waals surface area contributed by atoms with Crippen molar-refractivity contribution in [3.8, 4) is 0 Å². The third-order valence-electron chi connectivity index (χ3n) is 2.57. The summed E-state index contributed by atoms with van der Waals surface area (Å²) in [5.41, 5.74) is 5.70. The maximum Gasteiger partial charge on any atom is 0.136 e. The number of hydrogen-bond donors (Lipinski definition) is 1. The minimum Gasteiger partial charge on any atom is -0.383 e. The van der Waals surface area contributed by atoms with Gasteiger partial charge in [-0.3, -0.25) is 0 Å². The summed E-state index contributed by atoms with van der Waals surface area (Å²) in [6, 6.07) is 3.14. The molecule has 0 saturated heterocycles. The molecule has 0 radical (unpaired) electrons. The van der Waals surface area contributed by atoms with Gasteiger partial charge in [-0.15, -0.1) is 0 Å². The number of aromatic nitrogens is 2. The molecule has 0 aliphatic carbocycles. The van der Waals surface area contributed by atoms with Crippen LogP contribution in [0.25, 0.3) is 0 Å². The molecule has 1 atom stereocenters. The predicted octanol–water partition coefficient (Wildman–Crippen LogP) is 3.12. The number of nitrogens with two attached hydrogens (primary N) is 1. The number of rotatable bonds is 2. The number of nitrogens with zero attached hydrogens (tertiary/aromatic N) is 2. The largest absolute Gasteiger partial charge is 0.383 e. The predicted molar refractivity (Wildman–Crippen MR) is 64.5 cm³/mol. The molecular weight excluding hydrogens is 292 g/mol. The van der Waals surface area contributed by atoms with Crippen LogP contribution < -0.4 is 5.73 Å². The average molecular weight is 302 g/mol. The van der Waals surface area contributed by atoms with Gasteiger partial charge in [0.05, 0.1) is 16.7 Å². The van der Waals surface area contributed by atoms with E-state index in [1.807, 2.05) is 0 Å². The van der Waals surface area contributed by atoms with Gasteiger partial charge in [0.25, 0.3) is 0 Å². The van der Waals surface area contributed by atoms with Crippen LogP contribution in [0.1, 0.15) is 18.5 Å². The molecule has 6 heteroatoms. The summed E-state index contributed by atoms with van der Waals surface area (Å²) in [5, 5.41) is 3.99. The lowest BCUT2D eigenvalue weighted by Crippen LogP contribution is -2.14.